The molecule has 0 aliphatic carbocycles. The van der Waals surface area contributed by atoms with Crippen molar-refractivity contribution >= 4 is 36.7 Å². The monoisotopic (exact) mass is 283 g/mol. The molecule has 0 unspecified atom stereocenters. The fraction of sp³-hybridized carbons (Fsp3) is 0.143. The Morgan fingerprint density at radius 2 is 1.73 bits per heavy atom. The van der Waals surface area contributed by atoms with E-state index in [0.29, 0.717) is 0 Å². The Morgan fingerprint density at radius 1 is 1.27 bits per heavy atom. The average Bonchev–Trinajstić information content (AvgIpc) is 2.10. The van der Waals surface area contributed by atoms with Gasteiger partial charge in [-0.15, -0.1) is 9.80 Å². The lowest BCUT2D eigenvalue weighted by atomic mass is 10.2. The second kappa shape index (κ2) is 6.75. The normalized spacial score (nSPS) is 8.27. The van der Waals surface area contributed by atoms with Gasteiger partial charge in [-0.05, 0) is 38.9 Å². The number of thiol groups is 1. The van der Waals surface area contributed by atoms with E-state index in [9.17, 15) is 0 Å². The number of benzene rings is 1. The van der Waals surface area contributed by atoms with Gasteiger partial charge >= 0.3 is 0 Å². The molecule has 1 aromatic carbocycles. The van der Waals surface area contributed by atoms with Crippen LogP contribution in [-0.2, 0) is 6.61 Å². The first-order chi connectivity index (χ1) is 5.33. The van der Waals surface area contributed by atoms with Crippen LogP contribution in [0.2, 0.25) is 0 Å². The fourth-order valence-corrected chi connectivity index (χ4v) is 0.623. The highest BCUT2D eigenvalue weighted by Gasteiger charge is 1.86. The molecule has 0 aliphatic rings. The van der Waals surface area contributed by atoms with Gasteiger partial charge in [0.2, 0.25) is 0 Å². The number of nitrogen functional groups attached to an aromatic ring is 1. The van der Waals surface area contributed by atoms with Crippen LogP contribution < -0.4 is 5.73 Å². The number of anilines is 1. The maximum atomic E-state index is 8.59. The van der Waals surface area contributed by atoms with E-state index >= 15 is 0 Å². The Hall–Kier alpha value is 0.0600. The second-order valence-electron chi connectivity index (χ2n) is 1.90. The van der Waals surface area contributed by atoms with Crippen LogP contribution in [0.15, 0.2) is 24.3 Å². The third kappa shape index (κ3) is 4.49. The maximum Gasteiger partial charge on any atom is 0.0681 e. The molecular formula is C7H10INOS. The van der Waals surface area contributed by atoms with Crippen molar-refractivity contribution in [3.05, 3.63) is 29.8 Å². The number of halogens is 1. The second-order valence-corrected chi connectivity index (χ2v) is 1.90. The molecule has 0 heterocycles. The molecule has 0 aliphatic heterocycles. The molecular weight excluding hydrogens is 273 g/mol. The first kappa shape index (κ1) is 11.1. The van der Waals surface area contributed by atoms with Crippen LogP contribution in [0.3, 0.4) is 0 Å². The largest absolute Gasteiger partial charge is 0.399 e. The van der Waals surface area contributed by atoms with Crippen molar-refractivity contribution in [2.45, 2.75) is 6.61 Å². The first-order valence-corrected chi connectivity index (χ1v) is 6.18. The summed E-state index contributed by atoms with van der Waals surface area (Å²) in [5.74, 6) is 0. The number of rotatable bonds is 1. The zero-order valence-corrected chi connectivity index (χ0v) is 8.92. The van der Waals surface area contributed by atoms with Crippen molar-refractivity contribution in [2.24, 2.45) is 0 Å². The fourth-order valence-electron chi connectivity index (χ4n) is 0.623. The average molecular weight is 283 g/mol. The van der Waals surface area contributed by atoms with Crippen LogP contribution in [0.4, 0.5) is 5.69 Å². The van der Waals surface area contributed by atoms with E-state index in [1.807, 2.05) is 21.2 Å². The first-order valence-electron chi connectivity index (χ1n) is 2.95. The molecule has 4 heteroatoms. The summed E-state index contributed by atoms with van der Waals surface area (Å²) in [7, 11) is 3.50. The zero-order valence-electron chi connectivity index (χ0n) is 5.87. The molecule has 0 amide bonds. The van der Waals surface area contributed by atoms with E-state index < -0.39 is 0 Å². The Kier molecular flexibility index (Phi) is 6.79. The molecule has 3 N–H and O–H groups in total. The van der Waals surface area contributed by atoms with Gasteiger partial charge in [-0.2, -0.15) is 0 Å². The number of hydrogen-bond acceptors (Lipinski definition) is 3. The molecule has 0 saturated heterocycles. The van der Waals surface area contributed by atoms with Crippen LogP contribution in [-0.4, -0.2) is 5.11 Å². The lowest BCUT2D eigenvalue weighted by molar-refractivity contribution is 0.282. The van der Waals surface area contributed by atoms with Crippen molar-refractivity contribution in [3.63, 3.8) is 0 Å². The molecule has 0 bridgehead atoms. The predicted molar refractivity (Wildman–Crippen MR) is 59.8 cm³/mol. The highest BCUT2D eigenvalue weighted by molar-refractivity contribution is 14.2. The Bertz CT molecular complexity index is 190. The zero-order chi connectivity index (χ0) is 8.69. The quantitative estimate of drug-likeness (QED) is 0.419. The van der Waals surface area contributed by atoms with Crippen LogP contribution in [0.25, 0.3) is 0 Å². The molecule has 62 valence electrons. The molecule has 11 heavy (non-hydrogen) atoms. The summed E-state index contributed by atoms with van der Waals surface area (Å²) in [5.41, 5.74) is 7.02. The summed E-state index contributed by atoms with van der Waals surface area (Å²) < 4.78 is 0. The van der Waals surface area contributed by atoms with Gasteiger partial charge in [0.1, 0.15) is 0 Å². The van der Waals surface area contributed by atoms with E-state index in [-0.39, 0.29) is 6.61 Å². The van der Waals surface area contributed by atoms with Crippen LogP contribution in [0.1, 0.15) is 5.56 Å². The van der Waals surface area contributed by atoms with E-state index in [1.54, 1.807) is 24.3 Å². The Balaban J connectivity index is 0.000000461. The highest BCUT2D eigenvalue weighted by Crippen LogP contribution is 2.03. The minimum absolute atomic E-state index is 0.0836. The molecule has 0 atom stereocenters. The third-order valence-corrected chi connectivity index (χ3v) is 1.16. The molecule has 2 nitrogen and oxygen atoms in total. The van der Waals surface area contributed by atoms with Gasteiger partial charge in [-0.1, -0.05) is 12.1 Å². The lowest BCUT2D eigenvalue weighted by Crippen LogP contribution is -1.85. The van der Waals surface area contributed by atoms with Gasteiger partial charge in [0.15, 0.2) is 0 Å². The van der Waals surface area contributed by atoms with Gasteiger partial charge in [0.25, 0.3) is 0 Å². The van der Waals surface area contributed by atoms with Crippen LogP contribution in [0, 0.1) is 0 Å². The van der Waals surface area contributed by atoms with Crippen molar-refractivity contribution in [2.75, 3.05) is 5.73 Å². The number of aliphatic hydroxyl groups is 1. The summed E-state index contributed by atoms with van der Waals surface area (Å²) in [6.07, 6.45) is 0. The van der Waals surface area contributed by atoms with Crippen molar-refractivity contribution in [3.8, 4) is 0 Å². The van der Waals surface area contributed by atoms with E-state index in [4.69, 9.17) is 10.8 Å². The maximum absolute atomic E-state index is 8.59. The van der Waals surface area contributed by atoms with Gasteiger partial charge in [0, 0.05) is 5.69 Å². The topological polar surface area (TPSA) is 46.2 Å². The molecule has 1 rings (SSSR count). The van der Waals surface area contributed by atoms with E-state index in [1.165, 1.54) is 0 Å². The number of aliphatic hydroxyl groups excluding tert-OH is 1. The minimum atomic E-state index is 0.0836. The summed E-state index contributed by atoms with van der Waals surface area (Å²) in [6.45, 7) is 0.0836. The van der Waals surface area contributed by atoms with Gasteiger partial charge in [-0.25, -0.2) is 0 Å². The van der Waals surface area contributed by atoms with Crippen molar-refractivity contribution < 1.29 is 5.11 Å². The Labute approximate surface area is 83.8 Å². The van der Waals surface area contributed by atoms with Crippen LogP contribution >= 0.6 is 31.0 Å². The Morgan fingerprint density at radius 3 is 2.09 bits per heavy atom. The predicted octanol–water partition coefficient (Wildman–Crippen LogP) is 2.03. The van der Waals surface area contributed by atoms with Crippen LogP contribution in [0.5, 0.6) is 0 Å². The smallest absolute Gasteiger partial charge is 0.0681 e. The summed E-state index contributed by atoms with van der Waals surface area (Å²) in [5, 5.41) is 8.59. The summed E-state index contributed by atoms with van der Waals surface area (Å²) >= 11 is 1.84. The molecule has 0 saturated carbocycles. The summed E-state index contributed by atoms with van der Waals surface area (Å²) in [6, 6.07) is 7.14. The van der Waals surface area contributed by atoms with Gasteiger partial charge in [-0.3, -0.25) is 0 Å². The lowest BCUT2D eigenvalue weighted by Gasteiger charge is -1.94. The molecule has 0 spiro atoms. The minimum Gasteiger partial charge on any atom is -0.399 e. The molecule has 1 aromatic rings. The highest BCUT2D eigenvalue weighted by atomic mass is 127. The van der Waals surface area contributed by atoms with E-state index in [0.717, 1.165) is 11.3 Å². The van der Waals surface area contributed by atoms with E-state index in [2.05, 4.69) is 9.80 Å². The van der Waals surface area contributed by atoms with Crippen molar-refractivity contribution in [1.82, 2.24) is 0 Å². The summed E-state index contributed by atoms with van der Waals surface area (Å²) in [4.78, 5) is 0. The molecule has 0 radical (unpaired) electrons. The standard InChI is InChI=1S/C7H9NO.HIS/c8-7-3-1-6(5-9)2-4-7;1-2/h1-4,9H,5,8H2;2H. The van der Waals surface area contributed by atoms with Crippen molar-refractivity contribution in [1.29, 1.82) is 0 Å². The van der Waals surface area contributed by atoms with Gasteiger partial charge in [0.05, 0.1) is 6.61 Å². The number of hydrogen-bond donors (Lipinski definition) is 3. The SMILES string of the molecule is Nc1ccc(CO)cc1.SI. The van der Waals surface area contributed by atoms with Gasteiger partial charge < -0.3 is 10.8 Å². The molecule has 0 fully saturated rings. The number of nitrogens with two attached hydrogens (primary N) is 1. The third-order valence-electron chi connectivity index (χ3n) is 1.16. The molecule has 0 aromatic heterocycles.